The van der Waals surface area contributed by atoms with Gasteiger partial charge in [0.15, 0.2) is 0 Å². The Morgan fingerprint density at radius 2 is 2.30 bits per heavy atom. The summed E-state index contributed by atoms with van der Waals surface area (Å²) in [6, 6.07) is 5.41. The van der Waals surface area contributed by atoms with Crippen LogP contribution in [0, 0.1) is 10.1 Å². The van der Waals surface area contributed by atoms with Crippen molar-refractivity contribution in [3.63, 3.8) is 0 Å². The van der Waals surface area contributed by atoms with Crippen molar-refractivity contribution in [3.05, 3.63) is 33.9 Å². The second-order valence-electron chi connectivity index (χ2n) is 5.39. The molecular formula is C14H19BrN2O3. The van der Waals surface area contributed by atoms with Gasteiger partial charge in [-0.1, -0.05) is 22.0 Å². The molecule has 20 heavy (non-hydrogen) atoms. The maximum Gasteiger partial charge on any atom is 0.292 e. The monoisotopic (exact) mass is 342 g/mol. The summed E-state index contributed by atoms with van der Waals surface area (Å²) in [5.41, 5.74) is 1.53. The van der Waals surface area contributed by atoms with Crippen LogP contribution in [-0.2, 0) is 10.1 Å². The van der Waals surface area contributed by atoms with Crippen molar-refractivity contribution in [3.8, 4) is 0 Å². The summed E-state index contributed by atoms with van der Waals surface area (Å²) in [4.78, 5) is 13.0. The van der Waals surface area contributed by atoms with Gasteiger partial charge in [-0.2, -0.15) is 0 Å². The lowest BCUT2D eigenvalue weighted by molar-refractivity contribution is -0.384. The molecule has 0 amide bonds. The summed E-state index contributed by atoms with van der Waals surface area (Å²) in [5.74, 6) is 0. The van der Waals surface area contributed by atoms with Crippen LogP contribution in [0.2, 0.25) is 0 Å². The Hall–Kier alpha value is -1.14. The fraction of sp³-hybridized carbons (Fsp3) is 0.571. The van der Waals surface area contributed by atoms with Crippen LogP contribution in [0.5, 0.6) is 0 Å². The quantitative estimate of drug-likeness (QED) is 0.477. The van der Waals surface area contributed by atoms with E-state index in [2.05, 4.69) is 27.8 Å². The Morgan fingerprint density at radius 3 is 2.90 bits per heavy atom. The number of alkyl halides is 1. The van der Waals surface area contributed by atoms with E-state index in [1.807, 2.05) is 12.1 Å². The Bertz CT molecular complexity index is 509. The van der Waals surface area contributed by atoms with Crippen molar-refractivity contribution in [2.45, 2.75) is 30.7 Å². The lowest BCUT2D eigenvalue weighted by Crippen LogP contribution is -2.47. The highest BCUT2D eigenvalue weighted by molar-refractivity contribution is 9.08. The van der Waals surface area contributed by atoms with Crippen molar-refractivity contribution < 1.29 is 9.66 Å². The molecule has 110 valence electrons. The third kappa shape index (κ3) is 3.12. The molecular weight excluding hydrogens is 324 g/mol. The van der Waals surface area contributed by atoms with E-state index < -0.39 is 0 Å². The number of rotatable bonds is 4. The molecule has 0 spiro atoms. The van der Waals surface area contributed by atoms with Crippen molar-refractivity contribution in [1.82, 2.24) is 0 Å². The van der Waals surface area contributed by atoms with Crippen LogP contribution >= 0.6 is 15.9 Å². The van der Waals surface area contributed by atoms with Gasteiger partial charge in [-0.25, -0.2) is 0 Å². The molecule has 0 aromatic heterocycles. The molecule has 1 heterocycles. The smallest absolute Gasteiger partial charge is 0.292 e. The van der Waals surface area contributed by atoms with E-state index in [4.69, 9.17) is 4.74 Å². The van der Waals surface area contributed by atoms with Gasteiger partial charge in [-0.3, -0.25) is 10.1 Å². The molecule has 2 rings (SSSR count). The standard InChI is InChI=1S/C14H19BrN2O3/c1-14(20-2)6-3-7-16(10-14)12-5-4-11(9-15)8-13(12)17(18)19/h4-5,8H,3,6-7,9-10H2,1-2H3. The van der Waals surface area contributed by atoms with Gasteiger partial charge in [0.05, 0.1) is 10.5 Å². The van der Waals surface area contributed by atoms with Crippen LogP contribution in [0.1, 0.15) is 25.3 Å². The van der Waals surface area contributed by atoms with E-state index in [0.29, 0.717) is 17.6 Å². The molecule has 5 nitrogen and oxygen atoms in total. The van der Waals surface area contributed by atoms with Crippen molar-refractivity contribution in [1.29, 1.82) is 0 Å². The second kappa shape index (κ2) is 6.10. The molecule has 1 aliphatic rings. The van der Waals surface area contributed by atoms with Gasteiger partial charge in [0.1, 0.15) is 5.69 Å². The number of nitro benzene ring substituents is 1. The predicted octanol–water partition coefficient (Wildman–Crippen LogP) is 3.50. The van der Waals surface area contributed by atoms with Gasteiger partial charge >= 0.3 is 0 Å². The Morgan fingerprint density at radius 1 is 1.55 bits per heavy atom. The Balaban J connectivity index is 2.34. The minimum Gasteiger partial charge on any atom is -0.377 e. The average Bonchev–Trinajstić information content (AvgIpc) is 2.46. The van der Waals surface area contributed by atoms with Crippen molar-refractivity contribution in [2.24, 2.45) is 0 Å². The molecule has 0 saturated carbocycles. The van der Waals surface area contributed by atoms with E-state index in [1.54, 1.807) is 13.2 Å². The zero-order chi connectivity index (χ0) is 14.8. The molecule has 1 aromatic carbocycles. The van der Waals surface area contributed by atoms with Gasteiger partial charge in [0, 0.05) is 31.6 Å². The van der Waals surface area contributed by atoms with Gasteiger partial charge < -0.3 is 9.64 Å². The predicted molar refractivity (Wildman–Crippen MR) is 82.6 cm³/mol. The summed E-state index contributed by atoms with van der Waals surface area (Å²) in [6.45, 7) is 3.56. The topological polar surface area (TPSA) is 55.6 Å². The maximum atomic E-state index is 11.3. The molecule has 1 aliphatic heterocycles. The fourth-order valence-electron chi connectivity index (χ4n) is 2.64. The fourth-order valence-corrected chi connectivity index (χ4v) is 2.99. The number of hydrogen-bond donors (Lipinski definition) is 0. The van der Waals surface area contributed by atoms with Crippen LogP contribution in [0.4, 0.5) is 11.4 Å². The number of nitrogens with zero attached hydrogens (tertiary/aromatic N) is 2. The van der Waals surface area contributed by atoms with Gasteiger partial charge in [-0.15, -0.1) is 0 Å². The highest BCUT2D eigenvalue weighted by Gasteiger charge is 2.33. The highest BCUT2D eigenvalue weighted by Crippen LogP contribution is 2.34. The maximum absolute atomic E-state index is 11.3. The van der Waals surface area contributed by atoms with Crippen LogP contribution in [0.15, 0.2) is 18.2 Å². The minimum absolute atomic E-state index is 0.169. The molecule has 0 radical (unpaired) electrons. The summed E-state index contributed by atoms with van der Waals surface area (Å²) < 4.78 is 5.56. The van der Waals surface area contributed by atoms with E-state index in [9.17, 15) is 10.1 Å². The molecule has 0 N–H and O–H groups in total. The molecule has 6 heteroatoms. The van der Waals surface area contributed by atoms with E-state index in [0.717, 1.165) is 24.9 Å². The first-order valence-corrected chi connectivity index (χ1v) is 7.74. The molecule has 0 aliphatic carbocycles. The van der Waals surface area contributed by atoms with Crippen LogP contribution < -0.4 is 4.90 Å². The summed E-state index contributed by atoms with van der Waals surface area (Å²) in [7, 11) is 1.70. The molecule has 1 fully saturated rings. The molecule has 1 atom stereocenters. The molecule has 1 unspecified atom stereocenters. The number of benzene rings is 1. The number of anilines is 1. The highest BCUT2D eigenvalue weighted by atomic mass is 79.9. The largest absolute Gasteiger partial charge is 0.377 e. The van der Waals surface area contributed by atoms with E-state index in [-0.39, 0.29) is 16.2 Å². The zero-order valence-electron chi connectivity index (χ0n) is 11.8. The molecule has 0 bridgehead atoms. The number of ether oxygens (including phenoxy) is 1. The zero-order valence-corrected chi connectivity index (χ0v) is 13.4. The second-order valence-corrected chi connectivity index (χ2v) is 5.95. The number of nitro groups is 1. The number of hydrogen-bond acceptors (Lipinski definition) is 4. The van der Waals surface area contributed by atoms with Crippen LogP contribution in [-0.4, -0.2) is 30.7 Å². The average molecular weight is 343 g/mol. The Kier molecular flexibility index (Phi) is 4.65. The lowest BCUT2D eigenvalue weighted by atomic mass is 9.94. The van der Waals surface area contributed by atoms with Gasteiger partial charge in [-0.05, 0) is 31.4 Å². The van der Waals surface area contributed by atoms with Gasteiger partial charge in [0.2, 0.25) is 0 Å². The summed E-state index contributed by atoms with van der Waals surface area (Å²) in [6.07, 6.45) is 1.95. The number of piperidine rings is 1. The first-order chi connectivity index (χ1) is 9.49. The first kappa shape index (κ1) is 15.3. The number of methoxy groups -OCH3 is 1. The SMILES string of the molecule is COC1(C)CCCN(c2ccc(CBr)cc2[N+](=O)[O-])C1. The first-order valence-electron chi connectivity index (χ1n) is 6.62. The minimum atomic E-state index is -0.305. The number of halogens is 1. The normalized spacial score (nSPS) is 22.9. The van der Waals surface area contributed by atoms with Crippen molar-refractivity contribution in [2.75, 3.05) is 25.1 Å². The van der Waals surface area contributed by atoms with E-state index in [1.165, 1.54) is 0 Å². The van der Waals surface area contributed by atoms with Crippen LogP contribution in [0.25, 0.3) is 0 Å². The lowest BCUT2D eigenvalue weighted by Gasteiger charge is -2.40. The Labute approximate surface area is 127 Å². The van der Waals surface area contributed by atoms with Gasteiger partial charge in [0.25, 0.3) is 5.69 Å². The summed E-state index contributed by atoms with van der Waals surface area (Å²) in [5, 5.41) is 11.9. The van der Waals surface area contributed by atoms with Crippen LogP contribution in [0.3, 0.4) is 0 Å². The summed E-state index contributed by atoms with van der Waals surface area (Å²) >= 11 is 3.33. The van der Waals surface area contributed by atoms with Crippen molar-refractivity contribution >= 4 is 27.3 Å². The third-order valence-corrected chi connectivity index (χ3v) is 4.53. The third-order valence-electron chi connectivity index (χ3n) is 3.88. The molecule has 1 saturated heterocycles. The van der Waals surface area contributed by atoms with E-state index >= 15 is 0 Å². The molecule has 1 aromatic rings.